The van der Waals surface area contributed by atoms with Crippen molar-refractivity contribution in [2.75, 3.05) is 5.32 Å². The van der Waals surface area contributed by atoms with Gasteiger partial charge in [-0.25, -0.2) is 0 Å². The van der Waals surface area contributed by atoms with E-state index in [1.165, 1.54) is 17.7 Å². The Bertz CT molecular complexity index is 982. The number of aliphatic hydroxyl groups is 1. The topological polar surface area (TPSA) is 75.4 Å². The molecule has 0 amide bonds. The van der Waals surface area contributed by atoms with Crippen molar-refractivity contribution in [1.29, 1.82) is 0 Å². The van der Waals surface area contributed by atoms with E-state index in [1.807, 2.05) is 31.2 Å². The van der Waals surface area contributed by atoms with E-state index in [9.17, 15) is 15.2 Å². The second-order valence-electron chi connectivity index (χ2n) is 7.99. The molecule has 0 spiro atoms. The fraction of sp³-hybridized carbons (Fsp3) is 0.280. The quantitative estimate of drug-likeness (QED) is 0.341. The Morgan fingerprint density at radius 1 is 0.933 bits per heavy atom. The average Bonchev–Trinajstić information content (AvgIpc) is 2.74. The van der Waals surface area contributed by atoms with Gasteiger partial charge in [-0.15, -0.1) is 0 Å². The smallest absolute Gasteiger partial charge is 0.271 e. The number of non-ortho nitro benzene ring substituents is 1. The first-order valence-corrected chi connectivity index (χ1v) is 10.2. The minimum absolute atomic E-state index is 0.0352. The number of nitrogens with zero attached hydrogens (tertiary/aromatic N) is 1. The van der Waals surface area contributed by atoms with E-state index in [1.54, 1.807) is 12.1 Å². The number of aliphatic hydroxyl groups excluding tert-OH is 1. The third-order valence-corrected chi connectivity index (χ3v) is 5.32. The zero-order valence-electron chi connectivity index (χ0n) is 17.6. The van der Waals surface area contributed by atoms with Gasteiger partial charge in [0.2, 0.25) is 0 Å². The van der Waals surface area contributed by atoms with Crippen LogP contribution in [0.15, 0.2) is 72.8 Å². The first-order valence-electron chi connectivity index (χ1n) is 10.2. The summed E-state index contributed by atoms with van der Waals surface area (Å²) in [5.74, 6) is 0.431. The molecule has 30 heavy (non-hydrogen) atoms. The van der Waals surface area contributed by atoms with Gasteiger partial charge in [0.1, 0.15) is 0 Å². The van der Waals surface area contributed by atoms with Crippen LogP contribution < -0.4 is 5.32 Å². The third kappa shape index (κ3) is 5.45. The van der Waals surface area contributed by atoms with Gasteiger partial charge < -0.3 is 10.4 Å². The highest BCUT2D eigenvalue weighted by molar-refractivity contribution is 5.52. The van der Waals surface area contributed by atoms with Gasteiger partial charge in [0.25, 0.3) is 5.69 Å². The molecular weight excluding hydrogens is 376 g/mol. The van der Waals surface area contributed by atoms with Crippen LogP contribution in [0, 0.1) is 17.0 Å². The predicted molar refractivity (Wildman–Crippen MR) is 121 cm³/mol. The van der Waals surface area contributed by atoms with Crippen LogP contribution in [-0.2, 0) is 0 Å². The van der Waals surface area contributed by atoms with E-state index < -0.39 is 11.0 Å². The number of anilines is 1. The van der Waals surface area contributed by atoms with Crippen LogP contribution in [0.5, 0.6) is 0 Å². The molecule has 0 saturated carbocycles. The lowest BCUT2D eigenvalue weighted by Crippen LogP contribution is -2.15. The first-order chi connectivity index (χ1) is 14.3. The SMILES string of the molecule is Cc1ccc(C(O)CC(Nc2cccc([N+](=O)[O-])c2)c2ccc(C(C)C)cc2)cc1. The Morgan fingerprint density at radius 2 is 1.53 bits per heavy atom. The summed E-state index contributed by atoms with van der Waals surface area (Å²) in [6, 6.07) is 22.4. The van der Waals surface area contributed by atoms with Gasteiger partial charge in [0, 0.05) is 24.2 Å². The minimum Gasteiger partial charge on any atom is -0.388 e. The van der Waals surface area contributed by atoms with Crippen molar-refractivity contribution in [2.45, 2.75) is 45.3 Å². The normalized spacial score (nSPS) is 13.1. The fourth-order valence-electron chi connectivity index (χ4n) is 3.45. The van der Waals surface area contributed by atoms with Gasteiger partial charge in [0.15, 0.2) is 0 Å². The van der Waals surface area contributed by atoms with Crippen molar-refractivity contribution in [2.24, 2.45) is 0 Å². The molecule has 2 atom stereocenters. The molecule has 0 heterocycles. The number of nitrogens with one attached hydrogen (secondary N) is 1. The third-order valence-electron chi connectivity index (χ3n) is 5.32. The van der Waals surface area contributed by atoms with Crippen LogP contribution >= 0.6 is 0 Å². The second-order valence-corrected chi connectivity index (χ2v) is 7.99. The van der Waals surface area contributed by atoms with Crippen molar-refractivity contribution in [3.8, 4) is 0 Å². The maximum Gasteiger partial charge on any atom is 0.271 e. The Hall–Kier alpha value is -3.18. The highest BCUT2D eigenvalue weighted by Crippen LogP contribution is 2.31. The van der Waals surface area contributed by atoms with Gasteiger partial charge in [-0.2, -0.15) is 0 Å². The monoisotopic (exact) mass is 404 g/mol. The standard InChI is InChI=1S/C25H28N2O3/c1-17(2)19-11-13-20(14-12-19)24(16-25(28)21-9-7-18(3)8-10-21)26-22-5-4-6-23(15-22)27(29)30/h4-15,17,24-26,28H,16H2,1-3H3. The van der Waals surface area contributed by atoms with Crippen molar-refractivity contribution < 1.29 is 10.0 Å². The van der Waals surface area contributed by atoms with Gasteiger partial charge in [0.05, 0.1) is 17.1 Å². The summed E-state index contributed by atoms with van der Waals surface area (Å²) < 4.78 is 0. The number of nitro benzene ring substituents is 1. The molecular formula is C25H28N2O3. The zero-order chi connectivity index (χ0) is 21.7. The molecule has 0 radical (unpaired) electrons. The summed E-state index contributed by atoms with van der Waals surface area (Å²) in [6.07, 6.45) is -0.223. The van der Waals surface area contributed by atoms with Gasteiger partial charge in [-0.3, -0.25) is 10.1 Å². The number of rotatable bonds is 8. The number of nitro groups is 1. The molecule has 5 nitrogen and oxygen atoms in total. The van der Waals surface area contributed by atoms with Crippen molar-refractivity contribution in [3.05, 3.63) is 105 Å². The average molecular weight is 405 g/mol. The summed E-state index contributed by atoms with van der Waals surface area (Å²) in [6.45, 7) is 6.31. The number of hydrogen-bond acceptors (Lipinski definition) is 4. The van der Waals surface area contributed by atoms with Crippen LogP contribution in [0.1, 0.15) is 60.6 Å². The molecule has 0 aromatic heterocycles. The van der Waals surface area contributed by atoms with Gasteiger partial charge >= 0.3 is 0 Å². The summed E-state index contributed by atoms with van der Waals surface area (Å²) in [7, 11) is 0. The van der Waals surface area contributed by atoms with E-state index in [0.717, 1.165) is 16.7 Å². The van der Waals surface area contributed by atoms with Crippen LogP contribution in [-0.4, -0.2) is 10.0 Å². The van der Waals surface area contributed by atoms with E-state index in [4.69, 9.17) is 0 Å². The number of aryl methyl sites for hydroxylation is 1. The highest BCUT2D eigenvalue weighted by Gasteiger charge is 2.19. The minimum atomic E-state index is -0.661. The van der Waals surface area contributed by atoms with Crippen LogP contribution in [0.3, 0.4) is 0 Å². The zero-order valence-corrected chi connectivity index (χ0v) is 17.6. The lowest BCUT2D eigenvalue weighted by atomic mass is 9.94. The molecule has 0 aliphatic rings. The van der Waals surface area contributed by atoms with Crippen LogP contribution in [0.25, 0.3) is 0 Å². The van der Waals surface area contributed by atoms with E-state index in [2.05, 4.69) is 43.4 Å². The maximum absolute atomic E-state index is 11.1. The predicted octanol–water partition coefficient (Wildman–Crippen LogP) is 6.30. The van der Waals surface area contributed by atoms with Crippen molar-refractivity contribution in [3.63, 3.8) is 0 Å². The molecule has 2 N–H and O–H groups in total. The number of benzene rings is 3. The Balaban J connectivity index is 1.88. The van der Waals surface area contributed by atoms with E-state index in [-0.39, 0.29) is 11.7 Å². The van der Waals surface area contributed by atoms with Gasteiger partial charge in [-0.05, 0) is 35.6 Å². The van der Waals surface area contributed by atoms with Crippen molar-refractivity contribution >= 4 is 11.4 Å². The summed E-state index contributed by atoms with van der Waals surface area (Å²) in [5, 5.41) is 25.4. The summed E-state index contributed by atoms with van der Waals surface area (Å²) >= 11 is 0. The molecule has 0 aliphatic heterocycles. The molecule has 3 aromatic rings. The molecule has 0 bridgehead atoms. The highest BCUT2D eigenvalue weighted by atomic mass is 16.6. The van der Waals surface area contributed by atoms with Crippen molar-refractivity contribution in [1.82, 2.24) is 0 Å². The summed E-state index contributed by atoms with van der Waals surface area (Å²) in [5.41, 5.74) is 4.95. The molecule has 0 saturated heterocycles. The fourth-order valence-corrected chi connectivity index (χ4v) is 3.45. The molecule has 5 heteroatoms. The summed E-state index contributed by atoms with van der Waals surface area (Å²) in [4.78, 5) is 10.7. The Morgan fingerprint density at radius 3 is 2.13 bits per heavy atom. The molecule has 0 fully saturated rings. The van der Waals surface area contributed by atoms with E-state index in [0.29, 0.717) is 18.0 Å². The largest absolute Gasteiger partial charge is 0.388 e. The lowest BCUT2D eigenvalue weighted by molar-refractivity contribution is -0.384. The molecule has 156 valence electrons. The number of hydrogen-bond donors (Lipinski definition) is 2. The second kappa shape index (κ2) is 9.55. The maximum atomic E-state index is 11.1. The van der Waals surface area contributed by atoms with Gasteiger partial charge in [-0.1, -0.05) is 74.0 Å². The molecule has 2 unspecified atom stereocenters. The van der Waals surface area contributed by atoms with Crippen LogP contribution in [0.2, 0.25) is 0 Å². The molecule has 3 rings (SSSR count). The first kappa shape index (κ1) is 21.5. The Kier molecular flexibility index (Phi) is 6.85. The van der Waals surface area contributed by atoms with E-state index >= 15 is 0 Å². The van der Waals surface area contributed by atoms with Crippen LogP contribution in [0.4, 0.5) is 11.4 Å². The Labute approximate surface area is 177 Å². The molecule has 0 aliphatic carbocycles. The molecule has 3 aromatic carbocycles. The lowest BCUT2D eigenvalue weighted by Gasteiger charge is -2.24.